The van der Waals surface area contributed by atoms with E-state index in [-0.39, 0.29) is 11.8 Å². The third kappa shape index (κ3) is 4.92. The Morgan fingerprint density at radius 3 is 2.31 bits per heavy atom. The summed E-state index contributed by atoms with van der Waals surface area (Å²) in [6.07, 6.45) is 11.1. The maximum absolute atomic E-state index is 12.5. The molecule has 0 atom stereocenters. The van der Waals surface area contributed by atoms with Crippen molar-refractivity contribution in [1.82, 2.24) is 24.3 Å². The van der Waals surface area contributed by atoms with Crippen LogP contribution in [-0.2, 0) is 9.59 Å². The Balaban J connectivity index is 1.24. The van der Waals surface area contributed by atoms with Gasteiger partial charge in [-0.05, 0) is 36.6 Å². The smallest absolute Gasteiger partial charge is 0.246 e. The fourth-order valence-electron chi connectivity index (χ4n) is 3.83. The van der Waals surface area contributed by atoms with Gasteiger partial charge in [0.05, 0.1) is 12.9 Å². The van der Waals surface area contributed by atoms with Crippen LogP contribution in [0.15, 0.2) is 49.1 Å². The van der Waals surface area contributed by atoms with Gasteiger partial charge in [0, 0.05) is 63.4 Å². The van der Waals surface area contributed by atoms with Crippen LogP contribution in [0.1, 0.15) is 18.4 Å². The predicted molar refractivity (Wildman–Crippen MR) is 111 cm³/mol. The van der Waals surface area contributed by atoms with E-state index in [1.54, 1.807) is 18.6 Å². The zero-order valence-electron chi connectivity index (χ0n) is 16.6. The quantitative estimate of drug-likeness (QED) is 0.725. The number of amides is 2. The molecule has 0 bridgehead atoms. The molecule has 2 saturated heterocycles. The van der Waals surface area contributed by atoms with E-state index in [9.17, 15) is 9.59 Å². The van der Waals surface area contributed by atoms with E-state index >= 15 is 0 Å². The number of benzene rings is 1. The summed E-state index contributed by atoms with van der Waals surface area (Å²) in [6.45, 7) is 5.08. The molecule has 1 aromatic heterocycles. The number of rotatable bonds is 5. The van der Waals surface area contributed by atoms with Crippen LogP contribution in [0.5, 0.6) is 0 Å². The van der Waals surface area contributed by atoms with Crippen molar-refractivity contribution in [3.05, 3.63) is 54.6 Å². The Kier molecular flexibility index (Phi) is 6.05. The summed E-state index contributed by atoms with van der Waals surface area (Å²) >= 11 is 0. The average Bonchev–Trinajstić information content (AvgIpc) is 3.47. The lowest BCUT2D eigenvalue weighted by Gasteiger charge is -2.34. The van der Waals surface area contributed by atoms with Crippen LogP contribution in [-0.4, -0.2) is 81.9 Å². The van der Waals surface area contributed by atoms with Crippen molar-refractivity contribution in [3.8, 4) is 5.69 Å². The van der Waals surface area contributed by atoms with Crippen molar-refractivity contribution >= 4 is 17.9 Å². The summed E-state index contributed by atoms with van der Waals surface area (Å²) in [6, 6.07) is 7.98. The minimum atomic E-state index is 0.0224. The second-order valence-corrected chi connectivity index (χ2v) is 7.58. The molecule has 0 unspecified atom stereocenters. The molecule has 2 amide bonds. The van der Waals surface area contributed by atoms with Crippen molar-refractivity contribution in [2.24, 2.45) is 0 Å². The molecule has 29 heavy (non-hydrogen) atoms. The van der Waals surface area contributed by atoms with Crippen LogP contribution >= 0.6 is 0 Å². The molecule has 1 aromatic carbocycles. The standard InChI is InChI=1S/C22H27N5O2/c28-21(8-5-19-3-6-20(7-4-19)27-12-9-23-18-27)26-15-13-24(14-16-26)17-22(29)25-10-1-2-11-25/h3-9,12,18H,1-2,10-11,13-17H2. The van der Waals surface area contributed by atoms with E-state index in [0.29, 0.717) is 19.6 Å². The number of likely N-dealkylation sites (tertiary alicyclic amines) is 1. The molecule has 0 radical (unpaired) electrons. The van der Waals surface area contributed by atoms with Crippen molar-refractivity contribution in [3.63, 3.8) is 0 Å². The highest BCUT2D eigenvalue weighted by atomic mass is 16.2. The summed E-state index contributed by atoms with van der Waals surface area (Å²) in [4.78, 5) is 34.8. The molecular weight excluding hydrogens is 366 g/mol. The molecule has 7 nitrogen and oxygen atoms in total. The van der Waals surface area contributed by atoms with Crippen LogP contribution in [0.25, 0.3) is 11.8 Å². The van der Waals surface area contributed by atoms with Crippen molar-refractivity contribution in [1.29, 1.82) is 0 Å². The minimum Gasteiger partial charge on any atom is -0.342 e. The Bertz CT molecular complexity index is 846. The van der Waals surface area contributed by atoms with Gasteiger partial charge in [0.15, 0.2) is 0 Å². The summed E-state index contributed by atoms with van der Waals surface area (Å²) in [7, 11) is 0. The Morgan fingerprint density at radius 2 is 1.66 bits per heavy atom. The molecule has 0 aliphatic carbocycles. The Labute approximate surface area is 171 Å². The number of aromatic nitrogens is 2. The van der Waals surface area contributed by atoms with Crippen LogP contribution in [0, 0.1) is 0 Å². The highest BCUT2D eigenvalue weighted by molar-refractivity contribution is 5.91. The lowest BCUT2D eigenvalue weighted by Crippen LogP contribution is -2.51. The molecule has 2 fully saturated rings. The highest BCUT2D eigenvalue weighted by Crippen LogP contribution is 2.12. The number of carbonyl (C=O) groups is 2. The van der Waals surface area contributed by atoms with Gasteiger partial charge in [-0.1, -0.05) is 12.1 Å². The van der Waals surface area contributed by atoms with Crippen molar-refractivity contribution < 1.29 is 9.59 Å². The molecule has 4 rings (SSSR count). The number of carbonyl (C=O) groups excluding carboxylic acids is 2. The Hall–Kier alpha value is -2.93. The molecule has 3 heterocycles. The van der Waals surface area contributed by atoms with Gasteiger partial charge in [0.1, 0.15) is 0 Å². The first-order chi connectivity index (χ1) is 14.2. The first kappa shape index (κ1) is 19.4. The van der Waals surface area contributed by atoms with Crippen LogP contribution in [0.2, 0.25) is 0 Å². The fourth-order valence-corrected chi connectivity index (χ4v) is 3.83. The third-order valence-electron chi connectivity index (χ3n) is 5.62. The van der Waals surface area contributed by atoms with Gasteiger partial charge in [0.25, 0.3) is 0 Å². The van der Waals surface area contributed by atoms with Gasteiger partial charge < -0.3 is 14.4 Å². The summed E-state index contributed by atoms with van der Waals surface area (Å²) in [5, 5.41) is 0. The third-order valence-corrected chi connectivity index (χ3v) is 5.62. The number of piperazine rings is 1. The van der Waals surface area contributed by atoms with E-state index in [0.717, 1.165) is 50.3 Å². The molecule has 0 N–H and O–H groups in total. The first-order valence-electron chi connectivity index (χ1n) is 10.2. The molecular formula is C22H27N5O2. The second kappa shape index (κ2) is 9.05. The average molecular weight is 393 g/mol. The van der Waals surface area contributed by atoms with Crippen molar-refractivity contribution in [2.45, 2.75) is 12.8 Å². The first-order valence-corrected chi connectivity index (χ1v) is 10.2. The Morgan fingerprint density at radius 1 is 0.931 bits per heavy atom. The number of imidazole rings is 1. The van der Waals surface area contributed by atoms with Gasteiger partial charge in [0.2, 0.25) is 11.8 Å². The van der Waals surface area contributed by atoms with Gasteiger partial charge in [-0.25, -0.2) is 4.98 Å². The molecule has 0 saturated carbocycles. The van der Waals surface area contributed by atoms with E-state index in [4.69, 9.17) is 0 Å². The topological polar surface area (TPSA) is 61.7 Å². The molecule has 2 aromatic rings. The minimum absolute atomic E-state index is 0.0224. The van der Waals surface area contributed by atoms with E-state index < -0.39 is 0 Å². The number of hydrogen-bond acceptors (Lipinski definition) is 4. The van der Waals surface area contributed by atoms with Crippen LogP contribution < -0.4 is 0 Å². The fraction of sp³-hybridized carbons (Fsp3) is 0.409. The lowest BCUT2D eigenvalue weighted by atomic mass is 10.2. The van der Waals surface area contributed by atoms with E-state index in [2.05, 4.69) is 9.88 Å². The zero-order valence-corrected chi connectivity index (χ0v) is 16.6. The maximum Gasteiger partial charge on any atom is 0.246 e. The van der Waals surface area contributed by atoms with Gasteiger partial charge in [-0.15, -0.1) is 0 Å². The normalized spacial score (nSPS) is 17.9. The van der Waals surface area contributed by atoms with Crippen molar-refractivity contribution in [2.75, 3.05) is 45.8 Å². The highest BCUT2D eigenvalue weighted by Gasteiger charge is 2.24. The SMILES string of the molecule is O=C(C=Cc1ccc(-n2ccnc2)cc1)N1CCN(CC(=O)N2CCCC2)CC1. The van der Waals surface area contributed by atoms with Crippen LogP contribution in [0.3, 0.4) is 0 Å². The van der Waals surface area contributed by atoms with Gasteiger partial charge in [-0.2, -0.15) is 0 Å². The summed E-state index contributed by atoms with van der Waals surface area (Å²) in [5.74, 6) is 0.246. The van der Waals surface area contributed by atoms with E-state index in [1.165, 1.54) is 0 Å². The lowest BCUT2D eigenvalue weighted by molar-refractivity contribution is -0.132. The molecule has 7 heteroatoms. The number of nitrogens with zero attached hydrogens (tertiary/aromatic N) is 5. The van der Waals surface area contributed by atoms with Crippen LogP contribution in [0.4, 0.5) is 0 Å². The monoisotopic (exact) mass is 393 g/mol. The maximum atomic E-state index is 12.5. The predicted octanol–water partition coefficient (Wildman–Crippen LogP) is 1.65. The molecule has 2 aliphatic rings. The van der Waals surface area contributed by atoms with Gasteiger partial charge >= 0.3 is 0 Å². The zero-order chi connectivity index (χ0) is 20.1. The largest absolute Gasteiger partial charge is 0.342 e. The summed E-state index contributed by atoms with van der Waals surface area (Å²) < 4.78 is 1.94. The number of hydrogen-bond donors (Lipinski definition) is 0. The molecule has 2 aliphatic heterocycles. The summed E-state index contributed by atoms with van der Waals surface area (Å²) in [5.41, 5.74) is 2.02. The molecule has 0 spiro atoms. The second-order valence-electron chi connectivity index (χ2n) is 7.58. The van der Waals surface area contributed by atoms with E-state index in [1.807, 2.05) is 50.9 Å². The van der Waals surface area contributed by atoms with Gasteiger partial charge in [-0.3, -0.25) is 14.5 Å². The molecule has 152 valence electrons.